The number of nitrogens with zero attached hydrogens (tertiary/aromatic N) is 2. The number of anilines is 2. The average Bonchev–Trinajstić information content (AvgIpc) is 2.39. The first-order valence-corrected chi connectivity index (χ1v) is 7.86. The van der Waals surface area contributed by atoms with Crippen molar-refractivity contribution < 1.29 is 5.11 Å². The highest BCUT2D eigenvalue weighted by atomic mass is 32.2. The summed E-state index contributed by atoms with van der Waals surface area (Å²) < 4.78 is 0. The predicted octanol–water partition coefficient (Wildman–Crippen LogP) is 2.05. The zero-order chi connectivity index (χ0) is 14.1. The van der Waals surface area contributed by atoms with Crippen LogP contribution >= 0.6 is 11.8 Å². The van der Waals surface area contributed by atoms with Crippen LogP contribution in [0.25, 0.3) is 0 Å². The summed E-state index contributed by atoms with van der Waals surface area (Å²) in [6.07, 6.45) is 0.862. The van der Waals surface area contributed by atoms with Crippen molar-refractivity contribution in [3.8, 4) is 0 Å². The summed E-state index contributed by atoms with van der Waals surface area (Å²) in [4.78, 5) is 8.83. The number of aliphatic hydroxyl groups excluding tert-OH is 1. The molecule has 1 heterocycles. The van der Waals surface area contributed by atoms with Gasteiger partial charge >= 0.3 is 0 Å². The molecule has 0 aliphatic rings. The molecule has 0 atom stereocenters. The van der Waals surface area contributed by atoms with E-state index in [1.807, 2.05) is 25.6 Å². The number of aliphatic hydroxyl groups is 1. The summed E-state index contributed by atoms with van der Waals surface area (Å²) in [5.41, 5.74) is 1.06. The molecular formula is C13H24N4OS. The minimum absolute atomic E-state index is 0.274. The van der Waals surface area contributed by atoms with Gasteiger partial charge in [0.05, 0.1) is 0 Å². The molecule has 1 aromatic heterocycles. The van der Waals surface area contributed by atoms with Crippen LogP contribution in [0, 0.1) is 13.8 Å². The number of thioether (sulfide) groups is 1. The minimum Gasteiger partial charge on any atom is -0.396 e. The maximum atomic E-state index is 8.70. The summed E-state index contributed by atoms with van der Waals surface area (Å²) in [5, 5.41) is 15.3. The van der Waals surface area contributed by atoms with Gasteiger partial charge in [-0.1, -0.05) is 0 Å². The van der Waals surface area contributed by atoms with E-state index in [4.69, 9.17) is 5.11 Å². The zero-order valence-electron chi connectivity index (χ0n) is 12.0. The molecule has 1 rings (SSSR count). The highest BCUT2D eigenvalue weighted by Gasteiger charge is 2.07. The van der Waals surface area contributed by atoms with E-state index in [0.29, 0.717) is 0 Å². The second-order valence-corrected chi connectivity index (χ2v) is 5.46. The zero-order valence-corrected chi connectivity index (χ0v) is 12.8. The van der Waals surface area contributed by atoms with Gasteiger partial charge in [0.25, 0.3) is 0 Å². The van der Waals surface area contributed by atoms with Crippen molar-refractivity contribution in [1.29, 1.82) is 0 Å². The molecule has 3 N–H and O–H groups in total. The van der Waals surface area contributed by atoms with Crippen LogP contribution in [0.4, 0.5) is 11.6 Å². The van der Waals surface area contributed by atoms with Crippen LogP contribution in [0.5, 0.6) is 0 Å². The van der Waals surface area contributed by atoms with Gasteiger partial charge in [-0.15, -0.1) is 0 Å². The SMILES string of the molecule is CCNc1nc(C)nc(NCCSCCCO)c1C. The minimum atomic E-state index is 0.274. The van der Waals surface area contributed by atoms with E-state index >= 15 is 0 Å². The maximum absolute atomic E-state index is 8.70. The van der Waals surface area contributed by atoms with E-state index < -0.39 is 0 Å². The van der Waals surface area contributed by atoms with Gasteiger partial charge in [0.15, 0.2) is 0 Å². The predicted molar refractivity (Wildman–Crippen MR) is 83.2 cm³/mol. The van der Waals surface area contributed by atoms with E-state index in [1.54, 1.807) is 0 Å². The number of rotatable bonds is 9. The number of hydrogen-bond acceptors (Lipinski definition) is 6. The van der Waals surface area contributed by atoms with Crippen LogP contribution < -0.4 is 10.6 Å². The Bertz CT molecular complexity index is 387. The van der Waals surface area contributed by atoms with Crippen molar-refractivity contribution in [3.05, 3.63) is 11.4 Å². The van der Waals surface area contributed by atoms with E-state index in [0.717, 1.165) is 54.0 Å². The molecule has 6 heteroatoms. The van der Waals surface area contributed by atoms with E-state index in [9.17, 15) is 0 Å². The number of aryl methyl sites for hydroxylation is 1. The summed E-state index contributed by atoms with van der Waals surface area (Å²) >= 11 is 1.84. The third-order valence-electron chi connectivity index (χ3n) is 2.59. The van der Waals surface area contributed by atoms with E-state index in [-0.39, 0.29) is 6.61 Å². The molecule has 0 unspecified atom stereocenters. The molecule has 108 valence electrons. The van der Waals surface area contributed by atoms with Crippen molar-refractivity contribution in [1.82, 2.24) is 9.97 Å². The summed E-state index contributed by atoms with van der Waals surface area (Å²) in [5.74, 6) is 4.61. The molecule has 0 spiro atoms. The molecular weight excluding hydrogens is 260 g/mol. The van der Waals surface area contributed by atoms with Gasteiger partial charge in [-0.05, 0) is 32.9 Å². The Morgan fingerprint density at radius 3 is 2.42 bits per heavy atom. The molecule has 5 nitrogen and oxygen atoms in total. The Morgan fingerprint density at radius 1 is 1.11 bits per heavy atom. The number of nitrogens with one attached hydrogen (secondary N) is 2. The third-order valence-corrected chi connectivity index (χ3v) is 3.66. The smallest absolute Gasteiger partial charge is 0.134 e. The third kappa shape index (κ3) is 5.65. The van der Waals surface area contributed by atoms with Crippen LogP contribution in [0.2, 0.25) is 0 Å². The Balaban J connectivity index is 2.48. The largest absolute Gasteiger partial charge is 0.396 e. The number of hydrogen-bond donors (Lipinski definition) is 3. The molecule has 1 aromatic rings. The topological polar surface area (TPSA) is 70.1 Å². The van der Waals surface area contributed by atoms with Crippen molar-refractivity contribution in [2.75, 3.05) is 41.8 Å². The molecule has 0 radical (unpaired) electrons. The van der Waals surface area contributed by atoms with Crippen LogP contribution in [0.3, 0.4) is 0 Å². The number of aromatic nitrogens is 2. The fourth-order valence-corrected chi connectivity index (χ4v) is 2.43. The van der Waals surface area contributed by atoms with E-state index in [1.165, 1.54) is 0 Å². The van der Waals surface area contributed by atoms with Gasteiger partial charge in [0.2, 0.25) is 0 Å². The van der Waals surface area contributed by atoms with Gasteiger partial charge in [-0.2, -0.15) is 11.8 Å². The molecule has 0 aliphatic heterocycles. The Kier molecular flexibility index (Phi) is 7.59. The Hall–Kier alpha value is -1.01. The summed E-state index contributed by atoms with van der Waals surface area (Å²) in [7, 11) is 0. The molecule has 0 saturated carbocycles. The van der Waals surface area contributed by atoms with Gasteiger partial charge in [-0.3, -0.25) is 0 Å². The lowest BCUT2D eigenvalue weighted by molar-refractivity contribution is 0.296. The molecule has 0 aliphatic carbocycles. The second kappa shape index (κ2) is 8.98. The van der Waals surface area contributed by atoms with Crippen molar-refractivity contribution in [2.45, 2.75) is 27.2 Å². The van der Waals surface area contributed by atoms with Crippen molar-refractivity contribution >= 4 is 23.4 Å². The summed E-state index contributed by atoms with van der Waals surface area (Å²) in [6.45, 7) is 7.99. The highest BCUT2D eigenvalue weighted by molar-refractivity contribution is 7.99. The fraction of sp³-hybridized carbons (Fsp3) is 0.692. The normalized spacial score (nSPS) is 10.5. The quantitative estimate of drug-likeness (QED) is 0.603. The molecule has 0 saturated heterocycles. The second-order valence-electron chi connectivity index (χ2n) is 4.24. The molecule has 0 aromatic carbocycles. The van der Waals surface area contributed by atoms with Crippen molar-refractivity contribution in [3.63, 3.8) is 0 Å². The Morgan fingerprint density at radius 2 is 1.79 bits per heavy atom. The van der Waals surface area contributed by atoms with Crippen LogP contribution in [-0.4, -0.2) is 46.3 Å². The Labute approximate surface area is 119 Å². The fourth-order valence-electron chi connectivity index (χ4n) is 1.65. The van der Waals surface area contributed by atoms with Crippen LogP contribution in [0.1, 0.15) is 24.7 Å². The standard InChI is InChI=1S/C13H24N4OS/c1-4-14-12-10(2)13(17-11(3)16-12)15-6-9-19-8-5-7-18/h18H,4-9H2,1-3H3,(H2,14,15,16,17). The van der Waals surface area contributed by atoms with Crippen LogP contribution in [0.15, 0.2) is 0 Å². The lowest BCUT2D eigenvalue weighted by atomic mass is 10.3. The molecule has 0 amide bonds. The lowest BCUT2D eigenvalue weighted by Crippen LogP contribution is -2.12. The van der Waals surface area contributed by atoms with Crippen LogP contribution in [-0.2, 0) is 0 Å². The highest BCUT2D eigenvalue weighted by Crippen LogP contribution is 2.19. The first-order chi connectivity index (χ1) is 9.19. The molecule has 0 fully saturated rings. The molecule has 0 bridgehead atoms. The van der Waals surface area contributed by atoms with Gasteiger partial charge in [0, 0.05) is 31.0 Å². The van der Waals surface area contributed by atoms with E-state index in [2.05, 4.69) is 27.5 Å². The average molecular weight is 284 g/mol. The van der Waals surface area contributed by atoms with Gasteiger partial charge in [0.1, 0.15) is 17.5 Å². The maximum Gasteiger partial charge on any atom is 0.134 e. The first-order valence-electron chi connectivity index (χ1n) is 6.70. The molecule has 19 heavy (non-hydrogen) atoms. The van der Waals surface area contributed by atoms with Gasteiger partial charge < -0.3 is 15.7 Å². The van der Waals surface area contributed by atoms with Gasteiger partial charge in [-0.25, -0.2) is 9.97 Å². The first kappa shape index (κ1) is 16.0. The van der Waals surface area contributed by atoms with Crippen molar-refractivity contribution in [2.24, 2.45) is 0 Å². The monoisotopic (exact) mass is 284 g/mol. The lowest BCUT2D eigenvalue weighted by Gasteiger charge is -2.13. The summed E-state index contributed by atoms with van der Waals surface area (Å²) in [6, 6.07) is 0.